The van der Waals surface area contributed by atoms with Crippen LogP contribution in [0.3, 0.4) is 0 Å². The minimum atomic E-state index is -0.535. The summed E-state index contributed by atoms with van der Waals surface area (Å²) >= 11 is 0. The quantitative estimate of drug-likeness (QED) is 0.134. The minimum Gasteiger partial charge on any atom is -0.447 e. The van der Waals surface area contributed by atoms with E-state index in [-0.39, 0.29) is 11.9 Å². The number of carbonyl (C=O) groups excluding carboxylic acids is 2. The van der Waals surface area contributed by atoms with Gasteiger partial charge in [-0.15, -0.1) is 0 Å². The van der Waals surface area contributed by atoms with Crippen molar-refractivity contribution in [1.82, 2.24) is 0 Å². The Hall–Kier alpha value is -1.22. The molecule has 29 heavy (non-hydrogen) atoms. The maximum Gasteiger partial charge on any atom is 0.307 e. The molecule has 0 aliphatic heterocycles. The Morgan fingerprint density at radius 1 is 0.552 bits per heavy atom. The normalized spacial score (nSPS) is 13.1. The van der Waals surface area contributed by atoms with E-state index in [1.54, 1.807) is 0 Å². The Bertz CT molecular complexity index is 374. The average Bonchev–Trinajstić information content (AvgIpc) is 2.67. The summed E-state index contributed by atoms with van der Waals surface area (Å²) in [6.07, 6.45) is 11.2. The molecule has 0 saturated carbocycles. The summed E-state index contributed by atoms with van der Waals surface area (Å²) in [5.41, 5.74) is 22.5. The third kappa shape index (κ3) is 19.9. The van der Waals surface area contributed by atoms with Crippen LogP contribution in [0.5, 0.6) is 0 Å². The Morgan fingerprint density at radius 2 is 0.897 bits per heavy atom. The summed E-state index contributed by atoms with van der Waals surface area (Å²) in [6.45, 7) is 1.42. The van der Waals surface area contributed by atoms with Gasteiger partial charge >= 0.3 is 11.9 Å². The first-order chi connectivity index (χ1) is 14.0. The van der Waals surface area contributed by atoms with Gasteiger partial charge in [-0.1, -0.05) is 32.1 Å². The van der Waals surface area contributed by atoms with E-state index in [1.165, 1.54) is 0 Å². The Kier molecular flexibility index (Phi) is 19.2. The molecule has 0 aromatic heterocycles. The largest absolute Gasteiger partial charge is 0.447 e. The minimum absolute atomic E-state index is 0.279. The van der Waals surface area contributed by atoms with Crippen LogP contribution >= 0.6 is 0 Å². The molecule has 0 rings (SSSR count). The molecule has 0 fully saturated rings. The van der Waals surface area contributed by atoms with Crippen molar-refractivity contribution >= 4 is 11.9 Å². The molecule has 0 aromatic carbocycles. The molecule has 0 heterocycles. The molecule has 0 aromatic rings. The zero-order valence-corrected chi connectivity index (χ0v) is 18.1. The molecule has 0 amide bonds. The number of esters is 2. The van der Waals surface area contributed by atoms with Crippen molar-refractivity contribution in [2.75, 3.05) is 13.1 Å². The summed E-state index contributed by atoms with van der Waals surface area (Å²) < 4.78 is 10.4. The third-order valence-electron chi connectivity index (χ3n) is 4.71. The lowest BCUT2D eigenvalue weighted by atomic mass is 10.1. The van der Waals surface area contributed by atoms with E-state index in [0.29, 0.717) is 51.6 Å². The van der Waals surface area contributed by atoms with Gasteiger partial charge < -0.3 is 20.9 Å². The predicted molar refractivity (Wildman–Crippen MR) is 115 cm³/mol. The molecular formula is C21H44N4O4. The molecule has 0 aliphatic carbocycles. The van der Waals surface area contributed by atoms with Crippen LogP contribution in [0, 0.1) is 0 Å². The number of carbonyl (C=O) groups is 2. The van der Waals surface area contributed by atoms with Crippen LogP contribution in [0.15, 0.2) is 0 Å². The van der Waals surface area contributed by atoms with Crippen molar-refractivity contribution in [3.63, 3.8) is 0 Å². The predicted octanol–water partition coefficient (Wildman–Crippen LogP) is 2.41. The van der Waals surface area contributed by atoms with Crippen molar-refractivity contribution in [3.8, 4) is 0 Å². The van der Waals surface area contributed by atoms with Crippen molar-refractivity contribution in [2.45, 2.75) is 109 Å². The molecule has 0 bridgehead atoms. The van der Waals surface area contributed by atoms with Crippen molar-refractivity contribution < 1.29 is 19.1 Å². The molecule has 8 N–H and O–H groups in total. The Morgan fingerprint density at radius 3 is 1.28 bits per heavy atom. The molecule has 8 nitrogen and oxygen atoms in total. The summed E-state index contributed by atoms with van der Waals surface area (Å²) in [7, 11) is 0. The highest BCUT2D eigenvalue weighted by Gasteiger charge is 2.11. The molecule has 2 atom stereocenters. The summed E-state index contributed by atoms with van der Waals surface area (Å²) in [5.74, 6) is -0.558. The number of rotatable bonds is 20. The lowest BCUT2D eigenvalue weighted by Crippen LogP contribution is -2.27. The van der Waals surface area contributed by atoms with Crippen molar-refractivity contribution in [2.24, 2.45) is 22.9 Å². The second kappa shape index (κ2) is 20.1. The molecule has 0 radical (unpaired) electrons. The summed E-state index contributed by atoms with van der Waals surface area (Å²) in [5, 5.41) is 0. The molecule has 8 heteroatoms. The van der Waals surface area contributed by atoms with E-state index < -0.39 is 12.5 Å². The summed E-state index contributed by atoms with van der Waals surface area (Å²) in [4.78, 5) is 23.5. The second-order valence-corrected chi connectivity index (χ2v) is 7.60. The lowest BCUT2D eigenvalue weighted by Gasteiger charge is -2.13. The maximum absolute atomic E-state index is 11.8. The number of hydrogen-bond donors (Lipinski definition) is 4. The first kappa shape index (κ1) is 27.8. The second-order valence-electron chi connectivity index (χ2n) is 7.60. The molecule has 2 unspecified atom stereocenters. The van der Waals surface area contributed by atoms with Gasteiger partial charge in [-0.3, -0.25) is 21.1 Å². The van der Waals surface area contributed by atoms with Gasteiger partial charge in [0.2, 0.25) is 0 Å². The first-order valence-corrected chi connectivity index (χ1v) is 11.3. The molecule has 0 spiro atoms. The number of hydrogen-bond acceptors (Lipinski definition) is 8. The highest BCUT2D eigenvalue weighted by molar-refractivity contribution is 5.70. The van der Waals surface area contributed by atoms with Crippen LogP contribution in [0.25, 0.3) is 0 Å². The van der Waals surface area contributed by atoms with Gasteiger partial charge in [-0.25, -0.2) is 0 Å². The topological polar surface area (TPSA) is 157 Å². The average molecular weight is 417 g/mol. The smallest absolute Gasteiger partial charge is 0.307 e. The molecular weight excluding hydrogens is 372 g/mol. The van der Waals surface area contributed by atoms with Crippen LogP contribution < -0.4 is 22.9 Å². The number of ether oxygens (including phenoxy) is 2. The zero-order valence-electron chi connectivity index (χ0n) is 18.1. The highest BCUT2D eigenvalue weighted by Crippen LogP contribution is 2.10. The summed E-state index contributed by atoms with van der Waals surface area (Å²) in [6, 6.07) is 0. The monoisotopic (exact) mass is 416 g/mol. The van der Waals surface area contributed by atoms with Crippen LogP contribution in [-0.2, 0) is 19.1 Å². The molecule has 172 valence electrons. The highest BCUT2D eigenvalue weighted by atomic mass is 16.6. The van der Waals surface area contributed by atoms with E-state index in [0.717, 1.165) is 57.8 Å². The number of nitrogens with two attached hydrogens (primary N) is 4. The van der Waals surface area contributed by atoms with Gasteiger partial charge in [0.05, 0.1) is 0 Å². The zero-order chi connectivity index (χ0) is 21.7. The van der Waals surface area contributed by atoms with Crippen molar-refractivity contribution in [3.05, 3.63) is 0 Å². The van der Waals surface area contributed by atoms with Gasteiger partial charge in [0, 0.05) is 12.8 Å². The molecule has 0 saturated heterocycles. The van der Waals surface area contributed by atoms with E-state index in [1.807, 2.05) is 0 Å². The standard InChI is InChI=1S/C21H44N4O4/c22-16-10-3-1-6-12-18(24)28-20(26)14-8-5-9-15-21(27)29-19(25)13-7-2-4-11-17-23/h18-19H,1-17,22-25H2. The number of unbranched alkanes of at least 4 members (excludes halogenated alkanes) is 8. The Labute approximate surface area is 176 Å². The van der Waals surface area contributed by atoms with E-state index in [9.17, 15) is 9.59 Å². The van der Waals surface area contributed by atoms with Crippen molar-refractivity contribution in [1.29, 1.82) is 0 Å². The fourth-order valence-corrected chi connectivity index (χ4v) is 2.98. The van der Waals surface area contributed by atoms with Crippen LogP contribution in [-0.4, -0.2) is 37.5 Å². The van der Waals surface area contributed by atoms with Gasteiger partial charge in [0.1, 0.15) is 0 Å². The molecule has 0 aliphatic rings. The maximum atomic E-state index is 11.8. The fourth-order valence-electron chi connectivity index (χ4n) is 2.98. The third-order valence-corrected chi connectivity index (χ3v) is 4.71. The Balaban J connectivity index is 3.57. The van der Waals surface area contributed by atoms with Crippen LogP contribution in [0.1, 0.15) is 96.3 Å². The SMILES string of the molecule is NCCCCCCC(N)OC(=O)CCCCCC(=O)OC(N)CCCCCCN. The van der Waals surface area contributed by atoms with Crippen LogP contribution in [0.4, 0.5) is 0 Å². The van der Waals surface area contributed by atoms with Gasteiger partial charge in [0.25, 0.3) is 0 Å². The lowest BCUT2D eigenvalue weighted by molar-refractivity contribution is -0.149. The van der Waals surface area contributed by atoms with E-state index in [2.05, 4.69) is 0 Å². The van der Waals surface area contributed by atoms with Crippen LogP contribution in [0.2, 0.25) is 0 Å². The van der Waals surface area contributed by atoms with Gasteiger partial charge in [-0.2, -0.15) is 0 Å². The van der Waals surface area contributed by atoms with Gasteiger partial charge in [0.15, 0.2) is 12.5 Å². The fraction of sp³-hybridized carbons (Fsp3) is 0.905. The van der Waals surface area contributed by atoms with E-state index >= 15 is 0 Å². The van der Waals surface area contributed by atoms with E-state index in [4.69, 9.17) is 32.4 Å². The first-order valence-electron chi connectivity index (χ1n) is 11.3. The van der Waals surface area contributed by atoms with Gasteiger partial charge in [-0.05, 0) is 64.5 Å².